The Morgan fingerprint density at radius 3 is 2.50 bits per heavy atom. The maximum Gasteiger partial charge on any atom is 0.0826 e. The average Bonchev–Trinajstić information content (AvgIpc) is 3.13. The van der Waals surface area contributed by atoms with Gasteiger partial charge in [-0.15, -0.1) is 0 Å². The first kappa shape index (κ1) is 11.0. The van der Waals surface area contributed by atoms with Crippen molar-refractivity contribution in [1.82, 2.24) is 10.2 Å². The Bertz CT molecular complexity index is 226. The van der Waals surface area contributed by atoms with Gasteiger partial charge in [-0.05, 0) is 44.6 Å². The Kier molecular flexibility index (Phi) is 3.18. The zero-order valence-corrected chi connectivity index (χ0v) is 10.3. The summed E-state index contributed by atoms with van der Waals surface area (Å²) in [5.41, 5.74) is 0. The maximum absolute atomic E-state index is 5.79. The number of morpholine rings is 1. The molecule has 3 rings (SSSR count). The van der Waals surface area contributed by atoms with Crippen LogP contribution in [0.15, 0.2) is 0 Å². The van der Waals surface area contributed by atoms with Gasteiger partial charge in [0.05, 0.1) is 12.7 Å². The van der Waals surface area contributed by atoms with Crippen molar-refractivity contribution in [3.63, 3.8) is 0 Å². The van der Waals surface area contributed by atoms with Gasteiger partial charge in [-0.3, -0.25) is 0 Å². The summed E-state index contributed by atoms with van der Waals surface area (Å²) in [6.45, 7) is 4.14. The van der Waals surface area contributed by atoms with E-state index in [2.05, 4.69) is 17.3 Å². The molecule has 0 unspecified atom stereocenters. The van der Waals surface area contributed by atoms with Crippen LogP contribution in [0.4, 0.5) is 0 Å². The minimum absolute atomic E-state index is 0.416. The SMILES string of the molecule is CN1CCO[C@H](CNC(C2CC2)C2CC2)C1. The third kappa shape index (κ3) is 2.76. The summed E-state index contributed by atoms with van der Waals surface area (Å²) >= 11 is 0. The van der Waals surface area contributed by atoms with Crippen LogP contribution in [0.5, 0.6) is 0 Å². The van der Waals surface area contributed by atoms with E-state index in [0.29, 0.717) is 6.10 Å². The van der Waals surface area contributed by atoms with Crippen LogP contribution in [-0.4, -0.2) is 50.3 Å². The fourth-order valence-electron chi connectivity index (χ4n) is 2.89. The van der Waals surface area contributed by atoms with Gasteiger partial charge in [-0.1, -0.05) is 0 Å². The van der Waals surface area contributed by atoms with Gasteiger partial charge in [0.15, 0.2) is 0 Å². The van der Waals surface area contributed by atoms with E-state index in [1.165, 1.54) is 25.7 Å². The Morgan fingerprint density at radius 2 is 1.94 bits per heavy atom. The van der Waals surface area contributed by atoms with E-state index >= 15 is 0 Å². The summed E-state index contributed by atoms with van der Waals surface area (Å²) in [4.78, 5) is 2.37. The second-order valence-electron chi connectivity index (χ2n) is 5.86. The third-order valence-electron chi connectivity index (χ3n) is 4.18. The van der Waals surface area contributed by atoms with E-state index in [-0.39, 0.29) is 0 Å². The third-order valence-corrected chi connectivity index (χ3v) is 4.18. The van der Waals surface area contributed by atoms with Crippen molar-refractivity contribution < 1.29 is 4.74 Å². The van der Waals surface area contributed by atoms with Gasteiger partial charge in [0.2, 0.25) is 0 Å². The molecule has 0 radical (unpaired) electrons. The van der Waals surface area contributed by atoms with Crippen molar-refractivity contribution in [3.8, 4) is 0 Å². The molecule has 3 nitrogen and oxygen atoms in total. The van der Waals surface area contributed by atoms with Gasteiger partial charge in [0.25, 0.3) is 0 Å². The second kappa shape index (κ2) is 4.63. The molecular formula is C13H24N2O. The molecule has 0 aromatic rings. The predicted molar refractivity (Wildman–Crippen MR) is 64.5 cm³/mol. The molecule has 1 heterocycles. The molecule has 0 amide bonds. The van der Waals surface area contributed by atoms with E-state index in [4.69, 9.17) is 4.74 Å². The molecule has 1 aliphatic heterocycles. The monoisotopic (exact) mass is 224 g/mol. The van der Waals surface area contributed by atoms with E-state index in [1.54, 1.807) is 0 Å². The van der Waals surface area contributed by atoms with Crippen molar-refractivity contribution in [2.45, 2.75) is 37.8 Å². The van der Waals surface area contributed by atoms with E-state index in [0.717, 1.165) is 44.1 Å². The minimum atomic E-state index is 0.416. The molecule has 1 atom stereocenters. The van der Waals surface area contributed by atoms with Crippen molar-refractivity contribution in [2.75, 3.05) is 33.3 Å². The summed E-state index contributed by atoms with van der Waals surface area (Å²) in [6, 6.07) is 0.816. The van der Waals surface area contributed by atoms with Crippen LogP contribution in [-0.2, 0) is 4.74 Å². The Labute approximate surface area is 98.5 Å². The molecule has 1 saturated heterocycles. The summed E-state index contributed by atoms with van der Waals surface area (Å²) in [5, 5.41) is 3.78. The molecule has 2 saturated carbocycles. The molecule has 0 aromatic carbocycles. The van der Waals surface area contributed by atoms with Gasteiger partial charge >= 0.3 is 0 Å². The van der Waals surface area contributed by atoms with E-state index < -0.39 is 0 Å². The molecule has 92 valence electrons. The Hall–Kier alpha value is -0.120. The number of nitrogens with zero attached hydrogens (tertiary/aromatic N) is 1. The zero-order valence-electron chi connectivity index (χ0n) is 10.3. The van der Waals surface area contributed by atoms with Gasteiger partial charge in [-0.25, -0.2) is 0 Å². The first-order valence-corrected chi connectivity index (χ1v) is 6.86. The number of ether oxygens (including phenoxy) is 1. The lowest BCUT2D eigenvalue weighted by Gasteiger charge is -2.31. The van der Waals surface area contributed by atoms with E-state index in [1.807, 2.05) is 0 Å². The summed E-state index contributed by atoms with van der Waals surface area (Å²) in [5.74, 6) is 1.99. The number of hydrogen-bond acceptors (Lipinski definition) is 3. The van der Waals surface area contributed by atoms with Crippen LogP contribution in [0.2, 0.25) is 0 Å². The molecule has 0 aromatic heterocycles. The van der Waals surface area contributed by atoms with Gasteiger partial charge in [-0.2, -0.15) is 0 Å². The summed E-state index contributed by atoms with van der Waals surface area (Å²) in [6.07, 6.45) is 6.25. The van der Waals surface area contributed by atoms with Crippen LogP contribution in [0, 0.1) is 11.8 Å². The van der Waals surface area contributed by atoms with Gasteiger partial charge in [0.1, 0.15) is 0 Å². The number of nitrogens with one attached hydrogen (secondary N) is 1. The van der Waals surface area contributed by atoms with Crippen LogP contribution in [0.25, 0.3) is 0 Å². The predicted octanol–water partition coefficient (Wildman–Crippen LogP) is 1.10. The van der Waals surface area contributed by atoms with Crippen LogP contribution in [0.1, 0.15) is 25.7 Å². The molecule has 3 heteroatoms. The Morgan fingerprint density at radius 1 is 1.25 bits per heavy atom. The lowest BCUT2D eigenvalue weighted by atomic mass is 10.1. The van der Waals surface area contributed by atoms with Gasteiger partial charge < -0.3 is 15.0 Å². The molecule has 3 aliphatic rings. The molecular weight excluding hydrogens is 200 g/mol. The highest BCUT2D eigenvalue weighted by Crippen LogP contribution is 2.44. The molecule has 0 bridgehead atoms. The molecule has 1 N–H and O–H groups in total. The number of likely N-dealkylation sites (N-methyl/N-ethyl adjacent to an activating group) is 1. The van der Waals surface area contributed by atoms with Crippen molar-refractivity contribution in [3.05, 3.63) is 0 Å². The molecule has 2 aliphatic carbocycles. The normalized spacial score (nSPS) is 32.2. The second-order valence-corrected chi connectivity index (χ2v) is 5.86. The first-order valence-electron chi connectivity index (χ1n) is 6.86. The van der Waals surface area contributed by atoms with Crippen molar-refractivity contribution >= 4 is 0 Å². The maximum atomic E-state index is 5.79. The quantitative estimate of drug-likeness (QED) is 0.757. The first-order chi connectivity index (χ1) is 7.83. The minimum Gasteiger partial charge on any atom is -0.374 e. The van der Waals surface area contributed by atoms with Crippen LogP contribution < -0.4 is 5.32 Å². The highest BCUT2D eigenvalue weighted by atomic mass is 16.5. The lowest BCUT2D eigenvalue weighted by molar-refractivity contribution is -0.0198. The lowest BCUT2D eigenvalue weighted by Crippen LogP contribution is -2.47. The largest absolute Gasteiger partial charge is 0.374 e. The van der Waals surface area contributed by atoms with E-state index in [9.17, 15) is 0 Å². The zero-order chi connectivity index (χ0) is 11.0. The van der Waals surface area contributed by atoms with Gasteiger partial charge in [0, 0.05) is 25.7 Å². The fourth-order valence-corrected chi connectivity index (χ4v) is 2.89. The molecule has 3 fully saturated rings. The summed E-state index contributed by atoms with van der Waals surface area (Å²) in [7, 11) is 2.19. The fraction of sp³-hybridized carbons (Fsp3) is 1.00. The number of hydrogen-bond donors (Lipinski definition) is 1. The standard InChI is InChI=1S/C13H24N2O/c1-15-6-7-16-12(9-15)8-14-13(10-2-3-10)11-4-5-11/h10-14H,2-9H2,1H3/t12-/m1/s1. The topological polar surface area (TPSA) is 24.5 Å². The van der Waals surface area contributed by atoms with Crippen LogP contribution in [0.3, 0.4) is 0 Å². The molecule has 16 heavy (non-hydrogen) atoms. The molecule has 0 spiro atoms. The highest BCUT2D eigenvalue weighted by molar-refractivity contribution is 4.96. The number of rotatable bonds is 5. The Balaban J connectivity index is 1.43. The highest BCUT2D eigenvalue weighted by Gasteiger charge is 2.41. The van der Waals surface area contributed by atoms with Crippen molar-refractivity contribution in [1.29, 1.82) is 0 Å². The average molecular weight is 224 g/mol. The smallest absolute Gasteiger partial charge is 0.0826 e. The van der Waals surface area contributed by atoms with Crippen LogP contribution >= 0.6 is 0 Å². The van der Waals surface area contributed by atoms with Crippen molar-refractivity contribution in [2.24, 2.45) is 11.8 Å². The summed E-state index contributed by atoms with van der Waals surface area (Å²) < 4.78 is 5.79.